The molecule has 1 spiro atoms. The van der Waals surface area contributed by atoms with Gasteiger partial charge in [-0.3, -0.25) is 14.5 Å². The van der Waals surface area contributed by atoms with Crippen LogP contribution in [0.5, 0.6) is 0 Å². The number of hydrogen-bond acceptors (Lipinski definition) is 4. The zero-order valence-electron chi connectivity index (χ0n) is 16.1. The molecule has 30 heavy (non-hydrogen) atoms. The highest BCUT2D eigenvalue weighted by Crippen LogP contribution is 2.55. The number of carbonyl (C=O) groups is 2. The summed E-state index contributed by atoms with van der Waals surface area (Å²) >= 11 is 1.31. The summed E-state index contributed by atoms with van der Waals surface area (Å²) in [4.78, 5) is 29.5. The van der Waals surface area contributed by atoms with Gasteiger partial charge in [-0.15, -0.1) is 11.3 Å². The molecule has 0 bridgehead atoms. The Balaban J connectivity index is 1.74. The molecule has 2 aliphatic rings. The minimum Gasteiger partial charge on any atom is -0.324 e. The number of benzene rings is 2. The predicted octanol–water partition coefficient (Wildman–Crippen LogP) is 4.40. The third kappa shape index (κ3) is 2.58. The molecule has 0 saturated carbocycles. The number of amides is 1. The van der Waals surface area contributed by atoms with Crippen molar-refractivity contribution in [3.63, 3.8) is 0 Å². The van der Waals surface area contributed by atoms with E-state index in [1.54, 1.807) is 31.3 Å². The third-order valence-corrected chi connectivity index (χ3v) is 7.14. The summed E-state index contributed by atoms with van der Waals surface area (Å²) in [5, 5.41) is 4.66. The van der Waals surface area contributed by atoms with Gasteiger partial charge in [-0.1, -0.05) is 18.2 Å². The average Bonchev–Trinajstić information content (AvgIpc) is 3.42. The summed E-state index contributed by atoms with van der Waals surface area (Å²) in [5.74, 6) is -2.49. The van der Waals surface area contributed by atoms with Crippen LogP contribution in [0.25, 0.3) is 0 Å². The van der Waals surface area contributed by atoms with Crippen molar-refractivity contribution in [1.82, 2.24) is 4.90 Å². The number of nitrogens with one attached hydrogen (secondary N) is 1. The minimum atomic E-state index is -1.34. The van der Waals surface area contributed by atoms with Gasteiger partial charge in [0.15, 0.2) is 5.78 Å². The van der Waals surface area contributed by atoms with E-state index in [-0.39, 0.29) is 23.4 Å². The maximum atomic E-state index is 14.2. The largest absolute Gasteiger partial charge is 0.324 e. The zero-order chi connectivity index (χ0) is 21.0. The lowest BCUT2D eigenvalue weighted by Crippen LogP contribution is -2.51. The predicted molar refractivity (Wildman–Crippen MR) is 111 cm³/mol. The van der Waals surface area contributed by atoms with Gasteiger partial charge in [0.1, 0.15) is 17.2 Å². The molecule has 4 nitrogen and oxygen atoms in total. The van der Waals surface area contributed by atoms with Crippen LogP contribution in [0.4, 0.5) is 14.5 Å². The number of fused-ring (bicyclic) bond motifs is 2. The number of Topliss-reactive ketones (excluding diaryl/α,β-unsaturated/α-hetero) is 1. The van der Waals surface area contributed by atoms with E-state index in [1.807, 2.05) is 10.3 Å². The van der Waals surface area contributed by atoms with Crippen LogP contribution < -0.4 is 5.32 Å². The summed E-state index contributed by atoms with van der Waals surface area (Å²) in [5.41, 5.74) is 0.413. The molecule has 152 valence electrons. The maximum Gasteiger partial charge on any atom is 0.250 e. The number of ketones is 1. The Kier molecular flexibility index (Phi) is 4.34. The van der Waals surface area contributed by atoms with E-state index in [2.05, 4.69) is 5.32 Å². The number of halogens is 2. The molecule has 1 amide bonds. The van der Waals surface area contributed by atoms with E-state index in [0.29, 0.717) is 22.7 Å². The standard InChI is InChI=1S/C23H18F2N2O2S/c1-27-12-16(13-4-6-14(24)7-5-13)20(21(28)19-3-2-10-30-19)23(27)17-11-15(25)8-9-18(17)26-22(23)29/h2-11,16,20H,12H2,1H3,(H,26,29)/t16-,20-,23-/m1/s1. The number of likely N-dealkylation sites (N-methyl/N-ethyl adjacent to an activating group) is 1. The highest BCUT2D eigenvalue weighted by Gasteiger charge is 2.64. The summed E-state index contributed by atoms with van der Waals surface area (Å²) in [6.07, 6.45) is 0. The first-order chi connectivity index (χ1) is 14.4. The van der Waals surface area contributed by atoms with E-state index < -0.39 is 17.3 Å². The molecule has 0 aliphatic carbocycles. The molecule has 3 atom stereocenters. The summed E-state index contributed by atoms with van der Waals surface area (Å²) in [6.45, 7) is 0.400. The van der Waals surface area contributed by atoms with Crippen molar-refractivity contribution in [2.75, 3.05) is 18.9 Å². The lowest BCUT2D eigenvalue weighted by atomic mass is 9.71. The zero-order valence-corrected chi connectivity index (χ0v) is 16.9. The molecule has 3 aromatic rings. The van der Waals surface area contributed by atoms with Crippen LogP contribution >= 0.6 is 11.3 Å². The van der Waals surface area contributed by atoms with Gasteiger partial charge in [0.05, 0.1) is 10.8 Å². The fourth-order valence-corrected chi connectivity index (χ4v) is 5.70. The highest BCUT2D eigenvalue weighted by atomic mass is 32.1. The third-order valence-electron chi connectivity index (χ3n) is 6.26. The Bertz CT molecular complexity index is 1150. The number of rotatable bonds is 3. The second-order valence-electron chi connectivity index (χ2n) is 7.77. The van der Waals surface area contributed by atoms with Crippen molar-refractivity contribution in [1.29, 1.82) is 0 Å². The van der Waals surface area contributed by atoms with Gasteiger partial charge >= 0.3 is 0 Å². The Morgan fingerprint density at radius 1 is 1.13 bits per heavy atom. The van der Waals surface area contributed by atoms with E-state index in [0.717, 1.165) is 5.56 Å². The molecular weight excluding hydrogens is 406 g/mol. The Labute approximate surface area is 176 Å². The SMILES string of the molecule is CN1C[C@H](c2ccc(F)cc2)[C@H](C(=O)c2cccs2)[C@]12C(=O)Nc1ccc(F)cc12. The van der Waals surface area contributed by atoms with Gasteiger partial charge in [0.2, 0.25) is 5.91 Å². The molecule has 3 heterocycles. The molecule has 2 aliphatic heterocycles. The van der Waals surface area contributed by atoms with Crippen LogP contribution in [0, 0.1) is 17.6 Å². The average molecular weight is 424 g/mol. The highest BCUT2D eigenvalue weighted by molar-refractivity contribution is 7.12. The first kappa shape index (κ1) is 19.1. The summed E-state index contributed by atoms with van der Waals surface area (Å²) < 4.78 is 27.8. The molecule has 1 saturated heterocycles. The molecule has 2 aromatic carbocycles. The first-order valence-corrected chi connectivity index (χ1v) is 10.5. The number of hydrogen-bond donors (Lipinski definition) is 1. The quantitative estimate of drug-likeness (QED) is 0.634. The van der Waals surface area contributed by atoms with Gasteiger partial charge in [-0.25, -0.2) is 8.78 Å². The molecule has 7 heteroatoms. The van der Waals surface area contributed by atoms with Crippen molar-refractivity contribution in [2.24, 2.45) is 5.92 Å². The van der Waals surface area contributed by atoms with Gasteiger partial charge in [-0.05, 0) is 54.4 Å². The Hall–Kier alpha value is -2.90. The van der Waals surface area contributed by atoms with Crippen LogP contribution in [0.3, 0.4) is 0 Å². The summed E-state index contributed by atoms with van der Waals surface area (Å²) in [7, 11) is 1.78. The van der Waals surface area contributed by atoms with Crippen LogP contribution in [-0.4, -0.2) is 30.2 Å². The summed E-state index contributed by atoms with van der Waals surface area (Å²) in [6, 6.07) is 13.7. The molecule has 5 rings (SSSR count). The topological polar surface area (TPSA) is 49.4 Å². The van der Waals surface area contributed by atoms with Crippen molar-refractivity contribution < 1.29 is 18.4 Å². The van der Waals surface area contributed by atoms with E-state index >= 15 is 0 Å². The van der Waals surface area contributed by atoms with Crippen LogP contribution in [0.15, 0.2) is 60.0 Å². The smallest absolute Gasteiger partial charge is 0.250 e. The molecule has 0 unspecified atom stereocenters. The van der Waals surface area contributed by atoms with Crippen LogP contribution in [0.2, 0.25) is 0 Å². The van der Waals surface area contributed by atoms with Crippen LogP contribution in [0.1, 0.15) is 26.7 Å². The van der Waals surface area contributed by atoms with E-state index in [9.17, 15) is 18.4 Å². The van der Waals surface area contributed by atoms with Crippen molar-refractivity contribution in [3.05, 3.63) is 87.6 Å². The van der Waals surface area contributed by atoms with Gasteiger partial charge < -0.3 is 5.32 Å². The number of likely N-dealkylation sites (tertiary alicyclic amines) is 1. The second-order valence-corrected chi connectivity index (χ2v) is 8.72. The molecule has 1 fully saturated rings. The monoisotopic (exact) mass is 424 g/mol. The number of thiophene rings is 1. The molecule has 1 N–H and O–H groups in total. The number of carbonyl (C=O) groups excluding carboxylic acids is 2. The van der Waals surface area contributed by atoms with Crippen molar-refractivity contribution in [3.8, 4) is 0 Å². The van der Waals surface area contributed by atoms with Gasteiger partial charge in [0, 0.05) is 23.7 Å². The molecule has 1 aromatic heterocycles. The lowest BCUT2D eigenvalue weighted by Gasteiger charge is -2.35. The normalized spacial score (nSPS) is 25.5. The number of nitrogens with zero attached hydrogens (tertiary/aromatic N) is 1. The Morgan fingerprint density at radius 2 is 1.87 bits per heavy atom. The second kappa shape index (κ2) is 6.82. The van der Waals surface area contributed by atoms with Gasteiger partial charge in [0.25, 0.3) is 0 Å². The first-order valence-electron chi connectivity index (χ1n) is 9.59. The lowest BCUT2D eigenvalue weighted by molar-refractivity contribution is -0.126. The molecular formula is C23H18F2N2O2S. The van der Waals surface area contributed by atoms with Crippen LogP contribution in [-0.2, 0) is 10.3 Å². The van der Waals surface area contributed by atoms with E-state index in [1.165, 1.54) is 41.7 Å². The van der Waals surface area contributed by atoms with E-state index in [4.69, 9.17) is 0 Å². The fourth-order valence-electron chi connectivity index (χ4n) is 4.99. The van der Waals surface area contributed by atoms with Crippen molar-refractivity contribution >= 4 is 28.7 Å². The van der Waals surface area contributed by atoms with Crippen molar-refractivity contribution in [2.45, 2.75) is 11.5 Å². The molecule has 0 radical (unpaired) electrons. The number of anilines is 1. The fraction of sp³-hybridized carbons (Fsp3) is 0.217. The Morgan fingerprint density at radius 3 is 2.57 bits per heavy atom. The minimum absolute atomic E-state index is 0.170. The maximum absolute atomic E-state index is 14.2. The van der Waals surface area contributed by atoms with Gasteiger partial charge in [-0.2, -0.15) is 0 Å².